The van der Waals surface area contributed by atoms with Gasteiger partial charge >= 0.3 is 0 Å². The molecule has 1 aromatic heterocycles. The fourth-order valence-corrected chi connectivity index (χ4v) is 5.34. The molecular formula is C19H20N2O3S3. The molecule has 27 heavy (non-hydrogen) atoms. The summed E-state index contributed by atoms with van der Waals surface area (Å²) in [6.07, 6.45) is 2.02. The molecule has 142 valence electrons. The molecule has 1 amide bonds. The number of aryl methyl sites for hydroxylation is 2. The van der Waals surface area contributed by atoms with Gasteiger partial charge < -0.3 is 4.57 Å². The molecule has 0 spiro atoms. The monoisotopic (exact) mass is 420 g/mol. The number of benzene rings is 2. The highest BCUT2D eigenvalue weighted by Gasteiger charge is 2.19. The third kappa shape index (κ3) is 4.69. The molecule has 0 fully saturated rings. The second kappa shape index (κ2) is 8.41. The van der Waals surface area contributed by atoms with Crippen LogP contribution in [0.3, 0.4) is 0 Å². The van der Waals surface area contributed by atoms with Crippen molar-refractivity contribution >= 4 is 49.1 Å². The number of nitrogens with zero attached hydrogens (tertiary/aromatic N) is 2. The van der Waals surface area contributed by atoms with E-state index in [-0.39, 0.29) is 4.90 Å². The number of carbonyl (C=O) groups is 1. The summed E-state index contributed by atoms with van der Waals surface area (Å²) in [5, 5.41) is 0. The van der Waals surface area contributed by atoms with Crippen molar-refractivity contribution in [1.29, 1.82) is 0 Å². The van der Waals surface area contributed by atoms with Crippen LogP contribution in [0.25, 0.3) is 10.2 Å². The Morgan fingerprint density at radius 1 is 1.19 bits per heavy atom. The lowest BCUT2D eigenvalue weighted by Gasteiger charge is -2.04. The number of hydrogen-bond donors (Lipinski definition) is 0. The number of carbonyl (C=O) groups excluding carboxylic acids is 1. The van der Waals surface area contributed by atoms with Gasteiger partial charge in [0, 0.05) is 12.3 Å². The van der Waals surface area contributed by atoms with E-state index in [9.17, 15) is 13.2 Å². The van der Waals surface area contributed by atoms with Crippen LogP contribution in [0, 0.1) is 6.92 Å². The lowest BCUT2D eigenvalue weighted by molar-refractivity contribution is -0.115. The highest BCUT2D eigenvalue weighted by atomic mass is 32.2. The third-order valence-electron chi connectivity index (χ3n) is 3.99. The minimum atomic E-state index is -3.70. The number of rotatable bonds is 6. The van der Waals surface area contributed by atoms with Crippen molar-refractivity contribution in [2.75, 3.05) is 17.8 Å². The van der Waals surface area contributed by atoms with Crippen LogP contribution in [0.15, 0.2) is 58.4 Å². The van der Waals surface area contributed by atoms with E-state index in [1.165, 1.54) is 23.5 Å². The Kier molecular flexibility index (Phi) is 6.18. The van der Waals surface area contributed by atoms with Gasteiger partial charge in [-0.05, 0) is 43.0 Å². The highest BCUT2D eigenvalue weighted by molar-refractivity contribution is 7.98. The second-order valence-corrected chi connectivity index (χ2v) is 10.1. The molecule has 0 aliphatic carbocycles. The maximum Gasteiger partial charge on any atom is 0.263 e. The molecule has 0 aliphatic heterocycles. The number of fused-ring (bicyclic) bond motifs is 1. The predicted molar refractivity (Wildman–Crippen MR) is 112 cm³/mol. The van der Waals surface area contributed by atoms with Gasteiger partial charge in [-0.2, -0.15) is 16.8 Å². The summed E-state index contributed by atoms with van der Waals surface area (Å²) in [5.41, 5.74) is 2.14. The number of thiazole rings is 1. The molecule has 3 aromatic rings. The molecule has 0 atom stereocenters. The zero-order valence-corrected chi connectivity index (χ0v) is 17.5. The van der Waals surface area contributed by atoms with Gasteiger partial charge in [-0.25, -0.2) is 8.42 Å². The van der Waals surface area contributed by atoms with E-state index < -0.39 is 21.5 Å². The summed E-state index contributed by atoms with van der Waals surface area (Å²) in [5.74, 6) is -0.407. The van der Waals surface area contributed by atoms with Crippen molar-refractivity contribution in [2.24, 2.45) is 4.99 Å². The number of sulfone groups is 1. The van der Waals surface area contributed by atoms with Gasteiger partial charge in [-0.1, -0.05) is 35.6 Å². The van der Waals surface area contributed by atoms with Crippen LogP contribution in [-0.4, -0.2) is 36.7 Å². The van der Waals surface area contributed by atoms with Gasteiger partial charge in [-0.15, -0.1) is 0 Å². The average Bonchev–Trinajstić information content (AvgIpc) is 2.96. The molecule has 2 aromatic carbocycles. The fraction of sp³-hybridized carbons (Fsp3) is 0.263. The van der Waals surface area contributed by atoms with Gasteiger partial charge in [0.25, 0.3) is 5.91 Å². The van der Waals surface area contributed by atoms with E-state index in [0.717, 1.165) is 21.5 Å². The zero-order chi connectivity index (χ0) is 19.4. The molecule has 1 heterocycles. The van der Waals surface area contributed by atoms with Gasteiger partial charge in [0.05, 0.1) is 15.1 Å². The van der Waals surface area contributed by atoms with E-state index >= 15 is 0 Å². The van der Waals surface area contributed by atoms with E-state index in [1.54, 1.807) is 30.0 Å². The lowest BCUT2D eigenvalue weighted by atomic mass is 10.2. The zero-order valence-electron chi connectivity index (χ0n) is 15.1. The molecule has 0 bridgehead atoms. The van der Waals surface area contributed by atoms with Crippen molar-refractivity contribution in [3.63, 3.8) is 0 Å². The maximum absolute atomic E-state index is 12.4. The molecule has 0 N–H and O–H groups in total. The maximum atomic E-state index is 12.4. The summed E-state index contributed by atoms with van der Waals surface area (Å²) in [6.45, 7) is 2.72. The Labute approximate surface area is 166 Å². The van der Waals surface area contributed by atoms with Gasteiger partial charge in [0.2, 0.25) is 0 Å². The number of amides is 1. The standard InChI is InChI=1S/C19H20N2O3S3/c1-14-8-9-16-17(12-14)26-19(21(16)10-11-25-2)20-18(22)13-27(23,24)15-6-4-3-5-7-15/h3-9,12H,10-11,13H2,1-2H3. The first-order chi connectivity index (χ1) is 12.9. The highest BCUT2D eigenvalue weighted by Crippen LogP contribution is 2.19. The first kappa shape index (κ1) is 19.9. The Balaban J connectivity index is 1.98. The molecule has 5 nitrogen and oxygen atoms in total. The smallest absolute Gasteiger partial charge is 0.263 e. The van der Waals surface area contributed by atoms with Crippen molar-refractivity contribution in [3.05, 3.63) is 58.9 Å². The Morgan fingerprint density at radius 3 is 2.63 bits per heavy atom. The minimum Gasteiger partial charge on any atom is -0.316 e. The van der Waals surface area contributed by atoms with Crippen molar-refractivity contribution in [3.8, 4) is 0 Å². The van der Waals surface area contributed by atoms with Crippen LogP contribution in [0.4, 0.5) is 0 Å². The largest absolute Gasteiger partial charge is 0.316 e. The van der Waals surface area contributed by atoms with E-state index in [0.29, 0.717) is 11.3 Å². The topological polar surface area (TPSA) is 68.5 Å². The molecule has 8 heteroatoms. The van der Waals surface area contributed by atoms with Gasteiger partial charge in [0.15, 0.2) is 14.6 Å². The predicted octanol–water partition coefficient (Wildman–Crippen LogP) is 3.28. The van der Waals surface area contributed by atoms with Crippen molar-refractivity contribution < 1.29 is 13.2 Å². The van der Waals surface area contributed by atoms with Crippen LogP contribution in [0.1, 0.15) is 5.56 Å². The van der Waals surface area contributed by atoms with Gasteiger partial charge in [0.1, 0.15) is 5.75 Å². The first-order valence-electron chi connectivity index (χ1n) is 8.35. The third-order valence-corrected chi connectivity index (χ3v) is 7.24. The van der Waals surface area contributed by atoms with Crippen LogP contribution in [0.5, 0.6) is 0 Å². The molecule has 0 saturated heterocycles. The molecular weight excluding hydrogens is 400 g/mol. The quantitative estimate of drug-likeness (QED) is 0.614. The Hall–Kier alpha value is -1.90. The first-order valence-corrected chi connectivity index (χ1v) is 12.2. The van der Waals surface area contributed by atoms with Crippen molar-refractivity contribution in [2.45, 2.75) is 18.4 Å². The average molecular weight is 421 g/mol. The van der Waals surface area contributed by atoms with E-state index in [2.05, 4.69) is 11.1 Å². The molecule has 0 radical (unpaired) electrons. The van der Waals surface area contributed by atoms with Crippen LogP contribution in [0.2, 0.25) is 0 Å². The minimum absolute atomic E-state index is 0.135. The van der Waals surface area contributed by atoms with E-state index in [1.807, 2.05) is 29.9 Å². The van der Waals surface area contributed by atoms with Gasteiger partial charge in [-0.3, -0.25) is 4.79 Å². The number of hydrogen-bond acceptors (Lipinski definition) is 5. The van der Waals surface area contributed by atoms with Crippen molar-refractivity contribution in [1.82, 2.24) is 4.57 Å². The molecule has 3 rings (SSSR count). The molecule has 0 saturated carbocycles. The normalized spacial score (nSPS) is 12.6. The number of aromatic nitrogens is 1. The van der Waals surface area contributed by atoms with Crippen LogP contribution < -0.4 is 4.80 Å². The fourth-order valence-electron chi connectivity index (χ4n) is 2.68. The molecule has 0 unspecified atom stereocenters. The number of thioether (sulfide) groups is 1. The summed E-state index contributed by atoms with van der Waals surface area (Å²) >= 11 is 3.12. The van der Waals surface area contributed by atoms with Crippen LogP contribution >= 0.6 is 23.1 Å². The second-order valence-electron chi connectivity index (χ2n) is 6.08. The summed E-state index contributed by atoms with van der Waals surface area (Å²) < 4.78 is 27.9. The molecule has 0 aliphatic rings. The van der Waals surface area contributed by atoms with E-state index in [4.69, 9.17) is 0 Å². The summed E-state index contributed by atoms with van der Waals surface area (Å²) in [7, 11) is -3.70. The SMILES string of the molecule is CSCCn1c(=NC(=O)CS(=O)(=O)c2ccccc2)sc2cc(C)ccc21. The summed E-state index contributed by atoms with van der Waals surface area (Å²) in [4.78, 5) is 17.2. The van der Waals surface area contributed by atoms with Crippen LogP contribution in [-0.2, 0) is 21.2 Å². The summed E-state index contributed by atoms with van der Waals surface area (Å²) in [6, 6.07) is 14.1. The lowest BCUT2D eigenvalue weighted by Crippen LogP contribution is -2.21. The Morgan fingerprint density at radius 2 is 1.93 bits per heavy atom. The Bertz CT molecular complexity index is 1130.